The fraction of sp³-hybridized carbons (Fsp3) is 0.625. The predicted octanol–water partition coefficient (Wildman–Crippen LogP) is 1.50. The molecule has 0 saturated heterocycles. The van der Waals surface area contributed by atoms with Gasteiger partial charge in [-0.1, -0.05) is 24.3 Å². The number of nitrogens with two attached hydrogens (primary N) is 2. The lowest BCUT2D eigenvalue weighted by Gasteiger charge is -2.17. The molecule has 0 fully saturated rings. The number of rotatable bonds is 10. The van der Waals surface area contributed by atoms with Gasteiger partial charge >= 0.3 is 0 Å². The number of benzene rings is 1. The van der Waals surface area contributed by atoms with Crippen molar-refractivity contribution in [2.75, 3.05) is 27.3 Å². The number of ether oxygens (including phenoxy) is 2. The van der Waals surface area contributed by atoms with Crippen LogP contribution in [0.3, 0.4) is 0 Å². The molecule has 1 rings (SSSR count). The molecule has 0 amide bonds. The molecule has 0 saturated carbocycles. The summed E-state index contributed by atoms with van der Waals surface area (Å²) in [4.78, 5) is 0. The normalized spacial score (nSPS) is 14.2. The fourth-order valence-corrected chi connectivity index (χ4v) is 2.39. The lowest BCUT2D eigenvalue weighted by molar-refractivity contribution is 0.0965. The first kappa shape index (κ1) is 17.1. The third kappa shape index (κ3) is 6.01. The second-order valence-electron chi connectivity index (χ2n) is 5.10. The Morgan fingerprint density at radius 3 is 1.70 bits per heavy atom. The van der Waals surface area contributed by atoms with Crippen LogP contribution in [0, 0.1) is 0 Å². The maximum atomic E-state index is 5.60. The molecule has 0 aliphatic rings. The summed E-state index contributed by atoms with van der Waals surface area (Å²) in [6.45, 7) is 1.31. The zero-order valence-electron chi connectivity index (χ0n) is 12.7. The van der Waals surface area contributed by atoms with Gasteiger partial charge in [-0.25, -0.2) is 0 Å². The first-order chi connectivity index (χ1) is 9.73. The molecule has 0 radical (unpaired) electrons. The van der Waals surface area contributed by atoms with Gasteiger partial charge in [-0.3, -0.25) is 0 Å². The molecule has 0 heterocycles. The third-order valence-corrected chi connectivity index (χ3v) is 3.56. The number of methoxy groups -OCH3 is 2. The van der Waals surface area contributed by atoms with Crippen LogP contribution in [0.4, 0.5) is 0 Å². The van der Waals surface area contributed by atoms with Gasteiger partial charge in [0.1, 0.15) is 0 Å². The Morgan fingerprint density at radius 2 is 1.35 bits per heavy atom. The van der Waals surface area contributed by atoms with E-state index in [0.717, 1.165) is 25.7 Å². The summed E-state index contributed by atoms with van der Waals surface area (Å²) < 4.78 is 10.9. The zero-order valence-corrected chi connectivity index (χ0v) is 12.7. The molecule has 2 unspecified atom stereocenters. The summed E-state index contributed by atoms with van der Waals surface area (Å²) in [6, 6.07) is 8.59. The van der Waals surface area contributed by atoms with Crippen molar-refractivity contribution in [3.05, 3.63) is 35.4 Å². The Kier molecular flexibility index (Phi) is 8.46. The molecule has 20 heavy (non-hydrogen) atoms. The molecule has 1 aromatic carbocycles. The van der Waals surface area contributed by atoms with Gasteiger partial charge < -0.3 is 20.9 Å². The van der Waals surface area contributed by atoms with E-state index in [1.807, 2.05) is 0 Å². The smallest absolute Gasteiger partial charge is 0.0623 e. The highest BCUT2D eigenvalue weighted by Gasteiger charge is 2.10. The van der Waals surface area contributed by atoms with Crippen LogP contribution in [0.25, 0.3) is 0 Å². The summed E-state index contributed by atoms with van der Waals surface area (Å²) in [5.41, 5.74) is 13.8. The third-order valence-electron chi connectivity index (χ3n) is 3.56. The van der Waals surface area contributed by atoms with E-state index in [-0.39, 0.29) is 12.2 Å². The molecule has 4 heteroatoms. The molecule has 2 atom stereocenters. The van der Waals surface area contributed by atoms with Gasteiger partial charge in [0, 0.05) is 14.2 Å². The van der Waals surface area contributed by atoms with Crippen LogP contribution in [0.1, 0.15) is 24.0 Å². The molecule has 0 aromatic heterocycles. The van der Waals surface area contributed by atoms with Crippen molar-refractivity contribution in [1.29, 1.82) is 0 Å². The van der Waals surface area contributed by atoms with E-state index < -0.39 is 0 Å². The average molecular weight is 280 g/mol. The van der Waals surface area contributed by atoms with Gasteiger partial charge in [0.05, 0.1) is 12.2 Å². The summed E-state index contributed by atoms with van der Waals surface area (Å²) in [5.74, 6) is 0. The Bertz CT molecular complexity index is 340. The van der Waals surface area contributed by atoms with Crippen LogP contribution >= 0.6 is 0 Å². The molecule has 4 nitrogen and oxygen atoms in total. The summed E-state index contributed by atoms with van der Waals surface area (Å²) in [6.07, 6.45) is 3.95. The van der Waals surface area contributed by atoms with Crippen LogP contribution in [0.2, 0.25) is 0 Å². The summed E-state index contributed by atoms with van der Waals surface area (Å²) >= 11 is 0. The second kappa shape index (κ2) is 9.88. The highest BCUT2D eigenvalue weighted by Crippen LogP contribution is 2.14. The molecule has 0 aliphatic carbocycles. The van der Waals surface area contributed by atoms with Gasteiger partial charge in [0.15, 0.2) is 0 Å². The van der Waals surface area contributed by atoms with Crippen molar-refractivity contribution in [2.45, 2.75) is 37.9 Å². The van der Waals surface area contributed by atoms with Crippen LogP contribution in [-0.2, 0) is 22.3 Å². The molecular weight excluding hydrogens is 252 g/mol. The van der Waals surface area contributed by atoms with Crippen molar-refractivity contribution in [2.24, 2.45) is 11.5 Å². The van der Waals surface area contributed by atoms with E-state index in [1.54, 1.807) is 14.2 Å². The molecule has 4 N–H and O–H groups in total. The minimum atomic E-state index is 0.192. The summed E-state index contributed by atoms with van der Waals surface area (Å²) in [7, 11) is 3.48. The van der Waals surface area contributed by atoms with E-state index in [0.29, 0.717) is 13.1 Å². The van der Waals surface area contributed by atoms with Crippen molar-refractivity contribution in [3.8, 4) is 0 Å². The maximum Gasteiger partial charge on any atom is 0.0623 e. The van der Waals surface area contributed by atoms with Crippen LogP contribution in [-0.4, -0.2) is 39.5 Å². The first-order valence-corrected chi connectivity index (χ1v) is 7.27. The molecule has 1 aromatic rings. The quantitative estimate of drug-likeness (QED) is 0.681. The molecule has 0 spiro atoms. The van der Waals surface area contributed by atoms with Crippen molar-refractivity contribution < 1.29 is 9.47 Å². The van der Waals surface area contributed by atoms with Gasteiger partial charge in [-0.15, -0.1) is 0 Å². The van der Waals surface area contributed by atoms with Crippen LogP contribution < -0.4 is 11.5 Å². The minimum absolute atomic E-state index is 0.192. The maximum absolute atomic E-state index is 5.60. The molecule has 0 bridgehead atoms. The molecular formula is C16H28N2O2. The Labute approximate surface area is 122 Å². The fourth-order valence-electron chi connectivity index (χ4n) is 2.39. The van der Waals surface area contributed by atoms with E-state index >= 15 is 0 Å². The van der Waals surface area contributed by atoms with E-state index in [4.69, 9.17) is 20.9 Å². The van der Waals surface area contributed by atoms with E-state index in [2.05, 4.69) is 24.3 Å². The van der Waals surface area contributed by atoms with Crippen molar-refractivity contribution >= 4 is 0 Å². The van der Waals surface area contributed by atoms with Crippen LogP contribution in [0.15, 0.2) is 24.3 Å². The zero-order chi connectivity index (χ0) is 14.8. The standard InChI is InChI=1S/C16H28N2O2/c1-19-15(6-8-17)11-13-4-3-5-14(10-13)12-16(20-2)7-9-18/h3-5,10,15-16H,6-9,11-12,17-18H2,1-2H3. The van der Waals surface area contributed by atoms with E-state index in [1.165, 1.54) is 11.1 Å². The number of hydrogen-bond donors (Lipinski definition) is 2. The van der Waals surface area contributed by atoms with Gasteiger partial charge in [-0.2, -0.15) is 0 Å². The largest absolute Gasteiger partial charge is 0.381 e. The molecule has 114 valence electrons. The van der Waals surface area contributed by atoms with Crippen molar-refractivity contribution in [3.63, 3.8) is 0 Å². The monoisotopic (exact) mass is 280 g/mol. The average Bonchev–Trinajstić information content (AvgIpc) is 2.46. The Balaban J connectivity index is 2.64. The first-order valence-electron chi connectivity index (χ1n) is 7.27. The lowest BCUT2D eigenvalue weighted by Crippen LogP contribution is -2.20. The topological polar surface area (TPSA) is 70.5 Å². The van der Waals surface area contributed by atoms with Crippen LogP contribution in [0.5, 0.6) is 0 Å². The molecule has 0 aliphatic heterocycles. The summed E-state index contributed by atoms with van der Waals surface area (Å²) in [5, 5.41) is 0. The highest BCUT2D eigenvalue weighted by atomic mass is 16.5. The van der Waals surface area contributed by atoms with Gasteiger partial charge in [0.2, 0.25) is 0 Å². The lowest BCUT2D eigenvalue weighted by atomic mass is 9.99. The van der Waals surface area contributed by atoms with Gasteiger partial charge in [-0.05, 0) is 49.9 Å². The van der Waals surface area contributed by atoms with Gasteiger partial charge in [0.25, 0.3) is 0 Å². The predicted molar refractivity (Wildman–Crippen MR) is 82.8 cm³/mol. The second-order valence-corrected chi connectivity index (χ2v) is 5.10. The minimum Gasteiger partial charge on any atom is -0.381 e. The Hall–Kier alpha value is -0.940. The Morgan fingerprint density at radius 1 is 0.900 bits per heavy atom. The number of hydrogen-bond acceptors (Lipinski definition) is 4. The highest BCUT2D eigenvalue weighted by molar-refractivity contribution is 5.24. The SMILES string of the molecule is COC(CCN)Cc1cccc(CC(CCN)OC)c1. The van der Waals surface area contributed by atoms with Crippen molar-refractivity contribution in [1.82, 2.24) is 0 Å². The van der Waals surface area contributed by atoms with E-state index in [9.17, 15) is 0 Å².